The van der Waals surface area contributed by atoms with Crippen LogP contribution in [0.2, 0.25) is 0 Å². The summed E-state index contributed by atoms with van der Waals surface area (Å²) in [6.45, 7) is 0.368. The van der Waals surface area contributed by atoms with Crippen LogP contribution in [0.4, 0.5) is 16.2 Å². The van der Waals surface area contributed by atoms with Crippen molar-refractivity contribution in [1.82, 2.24) is 5.32 Å². The Labute approximate surface area is 170 Å². The molecule has 0 aliphatic carbocycles. The van der Waals surface area contributed by atoms with Crippen LogP contribution in [0.1, 0.15) is 15.9 Å². The first-order chi connectivity index (χ1) is 13.5. The molecule has 4 N–H and O–H groups in total. The van der Waals surface area contributed by atoms with Gasteiger partial charge in [-0.05, 0) is 51.8 Å². The largest absolute Gasteiger partial charge is 0.506 e. The minimum absolute atomic E-state index is 0.180. The molecule has 142 valence electrons. The first-order valence-electron chi connectivity index (χ1n) is 8.46. The molecule has 0 radical (unpaired) electrons. The lowest BCUT2D eigenvalue weighted by Gasteiger charge is -2.23. The topological polar surface area (TPSA) is 95.7 Å². The molecule has 0 spiro atoms. The smallest absolute Gasteiger partial charge is 0.324 e. The number of halogens is 1. The predicted molar refractivity (Wildman–Crippen MR) is 112 cm³/mol. The van der Waals surface area contributed by atoms with Gasteiger partial charge in [0, 0.05) is 16.6 Å². The Balaban J connectivity index is 1.83. The van der Waals surface area contributed by atoms with E-state index in [0.29, 0.717) is 16.7 Å². The maximum Gasteiger partial charge on any atom is 0.324 e. The number of anilines is 2. The first kappa shape index (κ1) is 19.4. The highest BCUT2D eigenvalue weighted by molar-refractivity contribution is 9.10. The molecule has 3 amide bonds. The molecule has 0 aliphatic heterocycles. The zero-order chi connectivity index (χ0) is 20.1. The van der Waals surface area contributed by atoms with Crippen molar-refractivity contribution >= 4 is 39.2 Å². The quantitative estimate of drug-likeness (QED) is 0.552. The Kier molecular flexibility index (Phi) is 5.96. The molecule has 0 saturated carbocycles. The third-order valence-electron chi connectivity index (χ3n) is 4.09. The van der Waals surface area contributed by atoms with E-state index in [-0.39, 0.29) is 22.9 Å². The fourth-order valence-corrected chi connectivity index (χ4v) is 3.20. The maximum atomic E-state index is 12.4. The summed E-state index contributed by atoms with van der Waals surface area (Å²) in [5.74, 6) is -0.570. The van der Waals surface area contributed by atoms with Crippen LogP contribution in [-0.2, 0) is 6.54 Å². The van der Waals surface area contributed by atoms with Gasteiger partial charge in [0.2, 0.25) is 0 Å². The number of phenolic OH excluding ortho intramolecular Hbond substituents is 1. The number of benzene rings is 3. The van der Waals surface area contributed by atoms with Crippen molar-refractivity contribution in [2.75, 3.05) is 4.90 Å². The number of rotatable bonds is 5. The van der Waals surface area contributed by atoms with E-state index in [9.17, 15) is 14.7 Å². The molecule has 28 heavy (non-hydrogen) atoms. The van der Waals surface area contributed by atoms with E-state index < -0.39 is 6.03 Å². The number of urea groups is 1. The lowest BCUT2D eigenvalue weighted by atomic mass is 10.1. The molecule has 0 bridgehead atoms. The Bertz CT molecular complexity index is 1010. The van der Waals surface area contributed by atoms with Gasteiger partial charge < -0.3 is 16.2 Å². The molecule has 0 saturated heterocycles. The summed E-state index contributed by atoms with van der Waals surface area (Å²) in [5, 5.41) is 13.2. The van der Waals surface area contributed by atoms with E-state index in [1.54, 1.807) is 24.3 Å². The Morgan fingerprint density at radius 2 is 1.64 bits per heavy atom. The number of nitrogens with one attached hydrogen (secondary N) is 1. The van der Waals surface area contributed by atoms with Gasteiger partial charge in [0.15, 0.2) is 0 Å². The fourth-order valence-electron chi connectivity index (χ4n) is 2.73. The summed E-state index contributed by atoms with van der Waals surface area (Å²) in [7, 11) is 0. The molecule has 0 heterocycles. The van der Waals surface area contributed by atoms with Crippen LogP contribution in [0, 0.1) is 0 Å². The standard InChI is InChI=1S/C21H18BrN3O3/c22-16-8-4-5-9-17(16)25(21(23)28)18-11-10-15(12-19(18)26)20(27)24-13-14-6-2-1-3-7-14/h1-12,26H,13H2,(H2,23,28)(H,24,27). The van der Waals surface area contributed by atoms with E-state index in [1.807, 2.05) is 30.3 Å². The van der Waals surface area contributed by atoms with Crippen LogP contribution >= 0.6 is 15.9 Å². The molecule has 0 fully saturated rings. The number of hydrogen-bond acceptors (Lipinski definition) is 3. The number of nitrogens with two attached hydrogens (primary N) is 1. The summed E-state index contributed by atoms with van der Waals surface area (Å²) in [5.41, 5.74) is 7.42. The van der Waals surface area contributed by atoms with Gasteiger partial charge in [-0.1, -0.05) is 42.5 Å². The average molecular weight is 440 g/mol. The van der Waals surface area contributed by atoms with E-state index in [1.165, 1.54) is 23.1 Å². The number of carbonyl (C=O) groups is 2. The predicted octanol–water partition coefficient (Wildman–Crippen LogP) is 4.30. The van der Waals surface area contributed by atoms with Crippen LogP contribution in [0.15, 0.2) is 77.3 Å². The third kappa shape index (κ3) is 4.32. The highest BCUT2D eigenvalue weighted by Crippen LogP contribution is 2.37. The van der Waals surface area contributed by atoms with Crippen LogP contribution in [0.5, 0.6) is 5.75 Å². The molecule has 6 nitrogen and oxygen atoms in total. The van der Waals surface area contributed by atoms with Crippen molar-refractivity contribution in [2.45, 2.75) is 6.54 Å². The lowest BCUT2D eigenvalue weighted by molar-refractivity contribution is 0.0950. The molecule has 0 atom stereocenters. The van der Waals surface area contributed by atoms with Crippen molar-refractivity contribution < 1.29 is 14.7 Å². The zero-order valence-corrected chi connectivity index (χ0v) is 16.4. The maximum absolute atomic E-state index is 12.4. The van der Waals surface area contributed by atoms with Gasteiger partial charge >= 0.3 is 6.03 Å². The van der Waals surface area contributed by atoms with Crippen molar-refractivity contribution in [3.8, 4) is 5.75 Å². The number of nitrogens with zero attached hydrogens (tertiary/aromatic N) is 1. The van der Waals surface area contributed by atoms with Gasteiger partial charge in [-0.3, -0.25) is 9.69 Å². The third-order valence-corrected chi connectivity index (χ3v) is 4.76. The number of hydrogen-bond donors (Lipinski definition) is 3. The highest BCUT2D eigenvalue weighted by Gasteiger charge is 2.21. The van der Waals surface area contributed by atoms with Crippen LogP contribution in [0.25, 0.3) is 0 Å². The van der Waals surface area contributed by atoms with Gasteiger partial charge in [-0.15, -0.1) is 0 Å². The monoisotopic (exact) mass is 439 g/mol. The van der Waals surface area contributed by atoms with Crippen molar-refractivity contribution in [1.29, 1.82) is 0 Å². The molecular weight excluding hydrogens is 422 g/mol. The SMILES string of the molecule is NC(=O)N(c1ccc(C(=O)NCc2ccccc2)cc1O)c1ccccc1Br. The Morgan fingerprint density at radius 1 is 0.964 bits per heavy atom. The summed E-state index contributed by atoms with van der Waals surface area (Å²) in [4.78, 5) is 25.6. The van der Waals surface area contributed by atoms with Gasteiger partial charge in [-0.2, -0.15) is 0 Å². The summed E-state index contributed by atoms with van der Waals surface area (Å²) >= 11 is 3.37. The molecule has 0 aromatic heterocycles. The molecule has 3 aromatic rings. The summed E-state index contributed by atoms with van der Waals surface area (Å²) in [6, 6.07) is 20.0. The van der Waals surface area contributed by atoms with Crippen molar-refractivity contribution in [3.63, 3.8) is 0 Å². The Hall–Kier alpha value is -3.32. The number of para-hydroxylation sites is 1. The minimum Gasteiger partial charge on any atom is -0.506 e. The fraction of sp³-hybridized carbons (Fsp3) is 0.0476. The Morgan fingerprint density at radius 3 is 2.29 bits per heavy atom. The van der Waals surface area contributed by atoms with Gasteiger partial charge in [0.05, 0.1) is 11.4 Å². The van der Waals surface area contributed by atoms with E-state index in [0.717, 1.165) is 5.56 Å². The molecule has 3 rings (SSSR count). The second-order valence-corrected chi connectivity index (χ2v) is 6.85. The van der Waals surface area contributed by atoms with Crippen molar-refractivity contribution in [3.05, 3.63) is 88.4 Å². The molecule has 7 heteroatoms. The first-order valence-corrected chi connectivity index (χ1v) is 9.26. The average Bonchev–Trinajstić information content (AvgIpc) is 2.69. The minimum atomic E-state index is -0.761. The highest BCUT2D eigenvalue weighted by atomic mass is 79.9. The second-order valence-electron chi connectivity index (χ2n) is 6.00. The molecule has 3 aromatic carbocycles. The second kappa shape index (κ2) is 8.58. The zero-order valence-electron chi connectivity index (χ0n) is 14.8. The van der Waals surface area contributed by atoms with Gasteiger partial charge in [0.1, 0.15) is 5.75 Å². The molecule has 0 aliphatic rings. The number of phenols is 1. The van der Waals surface area contributed by atoms with Gasteiger partial charge in [0.25, 0.3) is 5.91 Å². The van der Waals surface area contributed by atoms with E-state index in [4.69, 9.17) is 5.73 Å². The number of primary amides is 1. The van der Waals surface area contributed by atoms with Crippen LogP contribution in [-0.4, -0.2) is 17.0 Å². The molecular formula is C21H18BrN3O3. The molecule has 0 unspecified atom stereocenters. The van der Waals surface area contributed by atoms with Gasteiger partial charge in [-0.25, -0.2) is 4.79 Å². The van der Waals surface area contributed by atoms with Crippen LogP contribution in [0.3, 0.4) is 0 Å². The number of aromatic hydroxyl groups is 1. The normalized spacial score (nSPS) is 10.3. The summed E-state index contributed by atoms with van der Waals surface area (Å²) in [6.07, 6.45) is 0. The number of amides is 3. The lowest BCUT2D eigenvalue weighted by Crippen LogP contribution is -2.32. The van der Waals surface area contributed by atoms with E-state index >= 15 is 0 Å². The van der Waals surface area contributed by atoms with E-state index in [2.05, 4.69) is 21.2 Å². The number of carbonyl (C=O) groups excluding carboxylic acids is 2. The van der Waals surface area contributed by atoms with Crippen LogP contribution < -0.4 is 16.0 Å². The summed E-state index contributed by atoms with van der Waals surface area (Å²) < 4.78 is 0.637. The van der Waals surface area contributed by atoms with Crippen molar-refractivity contribution in [2.24, 2.45) is 5.73 Å².